The number of ketones is 2. The van der Waals surface area contributed by atoms with E-state index in [1.54, 1.807) is 26.4 Å². The summed E-state index contributed by atoms with van der Waals surface area (Å²) in [5.41, 5.74) is 12.3. The molecule has 0 amide bonds. The van der Waals surface area contributed by atoms with Crippen LogP contribution >= 0.6 is 39.1 Å². The number of phenols is 1. The molecule has 0 heterocycles. The van der Waals surface area contributed by atoms with Gasteiger partial charge in [0, 0.05) is 30.7 Å². The van der Waals surface area contributed by atoms with Crippen LogP contribution < -0.4 is 16.2 Å². The highest BCUT2D eigenvalue weighted by molar-refractivity contribution is 9.09. The second-order valence-corrected chi connectivity index (χ2v) is 7.88. The molecule has 0 unspecified atom stereocenters. The van der Waals surface area contributed by atoms with Crippen molar-refractivity contribution in [1.29, 1.82) is 0 Å². The van der Waals surface area contributed by atoms with Gasteiger partial charge in [0.05, 0.1) is 24.6 Å². The normalized spacial score (nSPS) is 9.79. The van der Waals surface area contributed by atoms with E-state index in [-0.39, 0.29) is 38.7 Å². The monoisotopic (exact) mass is 566 g/mol. The quantitative estimate of drug-likeness (QED) is 0.175. The van der Waals surface area contributed by atoms with Gasteiger partial charge in [0.15, 0.2) is 11.6 Å². The molecular formula is C22H29BrCl2N2O6. The number of phenolic OH excluding ortho intramolecular Hbond substituents is 1. The van der Waals surface area contributed by atoms with Crippen LogP contribution in [0, 0.1) is 0 Å². The highest BCUT2D eigenvalue weighted by atomic mass is 79.9. The second kappa shape index (κ2) is 16.6. The van der Waals surface area contributed by atoms with Gasteiger partial charge in [-0.25, -0.2) is 0 Å². The smallest absolute Gasteiger partial charge is 0.161 e. The second-order valence-electron chi connectivity index (χ2n) is 6.33. The summed E-state index contributed by atoms with van der Waals surface area (Å²) in [5, 5.41) is 10.3. The summed E-state index contributed by atoms with van der Waals surface area (Å²) in [6.45, 7) is 4.48. The highest BCUT2D eigenvalue weighted by Gasteiger charge is 2.13. The number of alkyl halides is 1. The summed E-state index contributed by atoms with van der Waals surface area (Å²) in [5.74, 6) is 0.0534. The third-order valence-corrected chi connectivity index (χ3v) is 5.00. The topological polar surface area (TPSA) is 134 Å². The fourth-order valence-corrected chi connectivity index (χ4v) is 2.90. The van der Waals surface area contributed by atoms with E-state index in [4.69, 9.17) is 49.2 Å². The molecule has 8 nitrogen and oxygen atoms in total. The van der Waals surface area contributed by atoms with Crippen LogP contribution in [0.25, 0.3) is 0 Å². The fraction of sp³-hybridized carbons (Fsp3) is 0.364. The van der Waals surface area contributed by atoms with Crippen molar-refractivity contribution in [3.8, 4) is 11.5 Å². The molecule has 184 valence electrons. The molecule has 0 aliphatic carbocycles. The van der Waals surface area contributed by atoms with E-state index in [0.29, 0.717) is 30.1 Å². The highest BCUT2D eigenvalue weighted by Crippen LogP contribution is 2.33. The number of rotatable bonds is 8. The maximum absolute atomic E-state index is 11.2. The molecule has 0 aliphatic heterocycles. The van der Waals surface area contributed by atoms with E-state index in [0.717, 1.165) is 11.9 Å². The lowest BCUT2D eigenvalue weighted by molar-refractivity contribution is 0.101. The Morgan fingerprint density at radius 1 is 0.879 bits per heavy atom. The van der Waals surface area contributed by atoms with Crippen molar-refractivity contribution in [2.45, 2.75) is 13.8 Å². The van der Waals surface area contributed by atoms with Gasteiger partial charge in [-0.3, -0.25) is 9.59 Å². The molecule has 11 heteroatoms. The molecule has 0 saturated carbocycles. The molecule has 0 bridgehead atoms. The number of nitrogens with two attached hydrogens (primary N) is 2. The number of ether oxygens (including phenoxy) is 3. The molecule has 0 radical (unpaired) electrons. The Balaban J connectivity index is 0.000000530. The van der Waals surface area contributed by atoms with Crippen molar-refractivity contribution in [3.63, 3.8) is 0 Å². The Bertz CT molecular complexity index is 926. The molecule has 33 heavy (non-hydrogen) atoms. The molecule has 0 saturated heterocycles. The Hall–Kier alpha value is -2.04. The largest absolute Gasteiger partial charge is 0.506 e. The van der Waals surface area contributed by atoms with Crippen LogP contribution in [-0.2, 0) is 9.47 Å². The van der Waals surface area contributed by atoms with Crippen LogP contribution in [0.3, 0.4) is 0 Å². The van der Waals surface area contributed by atoms with Crippen LogP contribution in [0.5, 0.6) is 11.5 Å². The summed E-state index contributed by atoms with van der Waals surface area (Å²) in [6, 6.07) is 6.02. The molecule has 2 aromatic carbocycles. The summed E-state index contributed by atoms with van der Waals surface area (Å²) >= 11 is 14.8. The van der Waals surface area contributed by atoms with E-state index in [1.807, 2.05) is 0 Å². The van der Waals surface area contributed by atoms with Gasteiger partial charge in [0.1, 0.15) is 28.2 Å². The summed E-state index contributed by atoms with van der Waals surface area (Å²) < 4.78 is 14.8. The maximum Gasteiger partial charge on any atom is 0.161 e. The first kappa shape index (κ1) is 31.0. The van der Waals surface area contributed by atoms with Crippen molar-refractivity contribution in [3.05, 3.63) is 45.4 Å². The van der Waals surface area contributed by atoms with Gasteiger partial charge in [0.2, 0.25) is 0 Å². The molecule has 5 N–H and O–H groups in total. The Morgan fingerprint density at radius 3 is 1.79 bits per heavy atom. The van der Waals surface area contributed by atoms with Crippen molar-refractivity contribution >= 4 is 62.1 Å². The number of aromatic hydroxyl groups is 1. The number of Topliss-reactive ketones (excluding diaryl/α,β-unsaturated/α-hetero) is 2. The molecule has 0 fully saturated rings. The number of halogens is 3. The summed E-state index contributed by atoms with van der Waals surface area (Å²) in [6.07, 6.45) is 0. The van der Waals surface area contributed by atoms with Gasteiger partial charge in [-0.05, 0) is 38.1 Å². The minimum Gasteiger partial charge on any atom is -0.506 e. The van der Waals surface area contributed by atoms with Gasteiger partial charge in [-0.1, -0.05) is 39.1 Å². The van der Waals surface area contributed by atoms with E-state index in [9.17, 15) is 9.59 Å². The van der Waals surface area contributed by atoms with Gasteiger partial charge >= 0.3 is 0 Å². The molecule has 0 spiro atoms. The van der Waals surface area contributed by atoms with Crippen molar-refractivity contribution in [2.24, 2.45) is 0 Å². The fourth-order valence-electron chi connectivity index (χ4n) is 2.19. The number of anilines is 2. The van der Waals surface area contributed by atoms with Gasteiger partial charge in [0.25, 0.3) is 0 Å². The van der Waals surface area contributed by atoms with E-state index in [1.165, 1.54) is 26.0 Å². The van der Waals surface area contributed by atoms with Crippen LogP contribution in [0.1, 0.15) is 34.6 Å². The number of hydrogen-bond acceptors (Lipinski definition) is 8. The zero-order chi connectivity index (χ0) is 25.6. The summed E-state index contributed by atoms with van der Waals surface area (Å²) in [4.78, 5) is 22.1. The average molecular weight is 568 g/mol. The molecule has 0 aromatic heterocycles. The standard InChI is InChI=1S/C11H14ClNO3.C8H8ClNO2.C3H7BrO/c1-7(14)8-3-4-9(10(12)11(8)13)16-6-5-15-2;1-4(11)5-2-3-6(12)7(9)8(5)10;1-5-3-2-4/h3-4H,5-6,13H2,1-2H3;2-3,12H,10H2,1H3;2-3H2,1H3. The Labute approximate surface area is 212 Å². The summed E-state index contributed by atoms with van der Waals surface area (Å²) in [7, 11) is 3.26. The maximum atomic E-state index is 11.2. The first-order chi connectivity index (χ1) is 15.5. The van der Waals surface area contributed by atoms with Gasteiger partial charge in [-0.2, -0.15) is 0 Å². The average Bonchev–Trinajstić information content (AvgIpc) is 2.76. The van der Waals surface area contributed by atoms with E-state index < -0.39 is 0 Å². The van der Waals surface area contributed by atoms with Gasteiger partial charge in [-0.15, -0.1) is 0 Å². The number of methoxy groups -OCH3 is 2. The van der Waals surface area contributed by atoms with Gasteiger partial charge < -0.3 is 30.8 Å². The number of carbonyl (C=O) groups excluding carboxylic acids is 2. The van der Waals surface area contributed by atoms with Crippen LogP contribution in [0.4, 0.5) is 11.4 Å². The third-order valence-electron chi connectivity index (χ3n) is 3.89. The minimum atomic E-state index is -0.172. The Kier molecular flexibility index (Phi) is 15.5. The minimum absolute atomic E-state index is 0.0303. The molecule has 0 aliphatic rings. The van der Waals surface area contributed by atoms with E-state index in [2.05, 4.69) is 20.7 Å². The van der Waals surface area contributed by atoms with E-state index >= 15 is 0 Å². The molecular weight excluding hydrogens is 539 g/mol. The van der Waals surface area contributed by atoms with Crippen LogP contribution in [0.2, 0.25) is 10.0 Å². The molecule has 2 aromatic rings. The number of carbonyl (C=O) groups is 2. The van der Waals surface area contributed by atoms with Crippen molar-refractivity contribution in [2.75, 3.05) is 50.8 Å². The third kappa shape index (κ3) is 10.6. The van der Waals surface area contributed by atoms with Crippen LogP contribution in [-0.4, -0.2) is 56.0 Å². The lowest BCUT2D eigenvalue weighted by Gasteiger charge is -2.11. The van der Waals surface area contributed by atoms with Crippen molar-refractivity contribution in [1.82, 2.24) is 0 Å². The molecule has 2 rings (SSSR count). The first-order valence-corrected chi connectivity index (χ1v) is 11.4. The SMILES string of the molecule is CC(=O)c1ccc(O)c(Cl)c1N.COCCBr.COCCOc1ccc(C(C)=O)c(N)c1Cl. The number of nitrogen functional groups attached to an aromatic ring is 2. The zero-order valence-corrected chi connectivity index (χ0v) is 22.0. The zero-order valence-electron chi connectivity index (χ0n) is 18.9. The predicted octanol–water partition coefficient (Wildman–Crippen LogP) is 5.01. The van der Waals surface area contributed by atoms with Crippen LogP contribution in [0.15, 0.2) is 24.3 Å². The lowest BCUT2D eigenvalue weighted by atomic mass is 10.1. The first-order valence-electron chi connectivity index (χ1n) is 9.56. The Morgan fingerprint density at radius 2 is 1.36 bits per heavy atom. The number of benzene rings is 2. The molecule has 0 atom stereocenters. The van der Waals surface area contributed by atoms with Crippen molar-refractivity contribution < 1.29 is 28.9 Å². The lowest BCUT2D eigenvalue weighted by Crippen LogP contribution is -2.06. The predicted molar refractivity (Wildman–Crippen MR) is 136 cm³/mol. The number of hydrogen-bond donors (Lipinski definition) is 3.